The number of nitrogens with one attached hydrogen (secondary N) is 1. The highest BCUT2D eigenvalue weighted by Crippen LogP contribution is 2.25. The molecule has 0 spiro atoms. The van der Waals surface area contributed by atoms with Gasteiger partial charge in [0.05, 0.1) is 13.2 Å². The lowest BCUT2D eigenvalue weighted by Gasteiger charge is -2.24. The highest BCUT2D eigenvalue weighted by molar-refractivity contribution is 7.89. The van der Waals surface area contributed by atoms with Gasteiger partial charge in [-0.3, -0.25) is 4.79 Å². The largest absolute Gasteiger partial charge is 0.438 e. The van der Waals surface area contributed by atoms with Crippen molar-refractivity contribution in [3.05, 3.63) is 60.4 Å². The third-order valence-corrected chi connectivity index (χ3v) is 6.18. The minimum atomic E-state index is -3.78. The molecule has 0 saturated carbocycles. The number of furan rings is 1. The second-order valence-electron chi connectivity index (χ2n) is 6.12. The second kappa shape index (κ2) is 7.15. The summed E-state index contributed by atoms with van der Waals surface area (Å²) in [6.07, 6.45) is 0. The van der Waals surface area contributed by atoms with E-state index in [0.717, 1.165) is 10.8 Å². The van der Waals surface area contributed by atoms with Crippen molar-refractivity contribution in [2.24, 2.45) is 0 Å². The second-order valence-corrected chi connectivity index (χ2v) is 7.98. The van der Waals surface area contributed by atoms with Gasteiger partial charge in [0, 0.05) is 24.2 Å². The molecule has 1 aromatic heterocycles. The van der Waals surface area contributed by atoms with Crippen molar-refractivity contribution < 1.29 is 22.4 Å². The monoisotopic (exact) mass is 386 g/mol. The Morgan fingerprint density at radius 2 is 1.70 bits per heavy atom. The van der Waals surface area contributed by atoms with Crippen LogP contribution in [0.4, 0.5) is 5.69 Å². The first-order chi connectivity index (χ1) is 13.1. The third kappa shape index (κ3) is 3.46. The van der Waals surface area contributed by atoms with Gasteiger partial charge in [-0.05, 0) is 23.6 Å². The van der Waals surface area contributed by atoms with Crippen molar-refractivity contribution in [3.8, 4) is 0 Å². The average molecular weight is 386 g/mol. The van der Waals surface area contributed by atoms with E-state index in [0.29, 0.717) is 18.9 Å². The van der Waals surface area contributed by atoms with E-state index in [2.05, 4.69) is 5.32 Å². The van der Waals surface area contributed by atoms with Gasteiger partial charge in [0.25, 0.3) is 15.9 Å². The molecule has 4 rings (SSSR count). The fourth-order valence-electron chi connectivity index (χ4n) is 3.01. The molecule has 1 aliphatic heterocycles. The molecule has 0 unspecified atom stereocenters. The van der Waals surface area contributed by atoms with E-state index in [9.17, 15) is 13.2 Å². The molecular formula is C19H18N2O5S. The molecule has 3 aromatic rings. The molecule has 0 atom stereocenters. The van der Waals surface area contributed by atoms with Gasteiger partial charge in [0.15, 0.2) is 5.76 Å². The van der Waals surface area contributed by atoms with Crippen LogP contribution in [0, 0.1) is 0 Å². The molecule has 1 fully saturated rings. The SMILES string of the molecule is O=C(Nc1cccc2ccccc12)c1ccc(S(=O)(=O)N2CCOCC2)o1. The Balaban J connectivity index is 1.57. The van der Waals surface area contributed by atoms with Gasteiger partial charge in [0.1, 0.15) is 0 Å². The number of hydrogen-bond donors (Lipinski definition) is 1. The summed E-state index contributed by atoms with van der Waals surface area (Å²) in [7, 11) is -3.78. The van der Waals surface area contributed by atoms with Crippen LogP contribution in [0.25, 0.3) is 10.8 Å². The molecule has 1 saturated heterocycles. The first-order valence-electron chi connectivity index (χ1n) is 8.52. The number of fused-ring (bicyclic) bond motifs is 1. The number of ether oxygens (including phenoxy) is 1. The predicted octanol–water partition coefficient (Wildman–Crippen LogP) is 2.71. The van der Waals surface area contributed by atoms with Crippen molar-refractivity contribution in [3.63, 3.8) is 0 Å². The summed E-state index contributed by atoms with van der Waals surface area (Å²) in [5, 5.41) is 4.42. The number of nitrogens with zero attached hydrogens (tertiary/aromatic N) is 1. The van der Waals surface area contributed by atoms with Crippen LogP contribution in [0.2, 0.25) is 0 Å². The lowest BCUT2D eigenvalue weighted by atomic mass is 10.1. The van der Waals surface area contributed by atoms with Crippen molar-refractivity contribution >= 4 is 32.4 Å². The first-order valence-corrected chi connectivity index (χ1v) is 9.96. The van der Waals surface area contributed by atoms with Gasteiger partial charge < -0.3 is 14.5 Å². The maximum atomic E-state index is 12.6. The number of benzene rings is 2. The molecule has 2 aromatic carbocycles. The van der Waals surface area contributed by atoms with Gasteiger partial charge in [0.2, 0.25) is 5.09 Å². The van der Waals surface area contributed by atoms with Crippen LogP contribution in [0.15, 0.2) is 64.1 Å². The molecule has 1 aliphatic rings. The predicted molar refractivity (Wildman–Crippen MR) is 100 cm³/mol. The smallest absolute Gasteiger partial charge is 0.291 e. The number of hydrogen-bond acceptors (Lipinski definition) is 5. The molecule has 0 radical (unpaired) electrons. The lowest BCUT2D eigenvalue weighted by molar-refractivity contribution is 0.0723. The van der Waals surface area contributed by atoms with Gasteiger partial charge in [-0.1, -0.05) is 36.4 Å². The van der Waals surface area contributed by atoms with E-state index in [1.54, 1.807) is 6.07 Å². The standard InChI is InChI=1S/C19H18N2O5S/c22-19(20-16-7-3-5-14-4-1-2-6-15(14)16)17-8-9-18(26-17)27(23,24)21-10-12-25-13-11-21/h1-9H,10-13H2,(H,20,22). The van der Waals surface area contributed by atoms with Gasteiger partial charge in [-0.25, -0.2) is 8.42 Å². The zero-order valence-corrected chi connectivity index (χ0v) is 15.2. The summed E-state index contributed by atoms with van der Waals surface area (Å²) < 4.78 is 37.0. The number of carbonyl (C=O) groups is 1. The Morgan fingerprint density at radius 3 is 2.52 bits per heavy atom. The molecule has 8 heteroatoms. The van der Waals surface area contributed by atoms with Gasteiger partial charge in [-0.2, -0.15) is 4.31 Å². The van der Waals surface area contributed by atoms with E-state index < -0.39 is 15.9 Å². The van der Waals surface area contributed by atoms with E-state index >= 15 is 0 Å². The van der Waals surface area contributed by atoms with Crippen LogP contribution in [-0.2, 0) is 14.8 Å². The number of sulfonamides is 1. The molecule has 2 heterocycles. The summed E-state index contributed by atoms with van der Waals surface area (Å²) in [6.45, 7) is 1.21. The Hall–Kier alpha value is -2.68. The van der Waals surface area contributed by atoms with Crippen molar-refractivity contribution in [2.45, 2.75) is 5.09 Å². The number of morpholine rings is 1. The molecule has 27 heavy (non-hydrogen) atoms. The topological polar surface area (TPSA) is 88.9 Å². The minimum Gasteiger partial charge on any atom is -0.438 e. The van der Waals surface area contributed by atoms with Crippen molar-refractivity contribution in [1.29, 1.82) is 0 Å². The Bertz CT molecular complexity index is 1080. The Labute approximate surface area is 156 Å². The Morgan fingerprint density at radius 1 is 0.963 bits per heavy atom. The van der Waals surface area contributed by atoms with Crippen LogP contribution >= 0.6 is 0 Å². The first kappa shape index (κ1) is 17.7. The molecular weight excluding hydrogens is 368 g/mol. The summed E-state index contributed by atoms with van der Waals surface area (Å²) in [5.74, 6) is -0.565. The highest BCUT2D eigenvalue weighted by Gasteiger charge is 2.30. The maximum absolute atomic E-state index is 12.6. The van der Waals surface area contributed by atoms with Crippen LogP contribution in [0.5, 0.6) is 0 Å². The van der Waals surface area contributed by atoms with E-state index in [-0.39, 0.29) is 23.9 Å². The fourth-order valence-corrected chi connectivity index (χ4v) is 4.33. The Kier molecular flexibility index (Phi) is 4.69. The van der Waals surface area contributed by atoms with Crippen LogP contribution in [0.3, 0.4) is 0 Å². The minimum absolute atomic E-state index is 0.0604. The summed E-state index contributed by atoms with van der Waals surface area (Å²) in [5.41, 5.74) is 0.632. The van der Waals surface area contributed by atoms with E-state index in [1.165, 1.54) is 16.4 Å². The summed E-state index contributed by atoms with van der Waals surface area (Å²) >= 11 is 0. The lowest BCUT2D eigenvalue weighted by Crippen LogP contribution is -2.40. The maximum Gasteiger partial charge on any atom is 0.291 e. The van der Waals surface area contributed by atoms with Gasteiger partial charge >= 0.3 is 0 Å². The van der Waals surface area contributed by atoms with Crippen LogP contribution in [-0.4, -0.2) is 44.9 Å². The highest BCUT2D eigenvalue weighted by atomic mass is 32.2. The third-order valence-electron chi connectivity index (χ3n) is 4.41. The fraction of sp³-hybridized carbons (Fsp3) is 0.211. The van der Waals surface area contributed by atoms with Gasteiger partial charge in [-0.15, -0.1) is 0 Å². The quantitative estimate of drug-likeness (QED) is 0.745. The number of anilines is 1. The van der Waals surface area contributed by atoms with E-state index in [1.807, 2.05) is 36.4 Å². The van der Waals surface area contributed by atoms with E-state index in [4.69, 9.17) is 9.15 Å². The molecule has 7 nitrogen and oxygen atoms in total. The summed E-state index contributed by atoms with van der Waals surface area (Å²) in [6, 6.07) is 15.9. The van der Waals surface area contributed by atoms with Crippen LogP contribution in [0.1, 0.15) is 10.6 Å². The molecule has 1 N–H and O–H groups in total. The zero-order valence-electron chi connectivity index (χ0n) is 14.4. The molecule has 0 aliphatic carbocycles. The zero-order chi connectivity index (χ0) is 18.9. The normalized spacial score (nSPS) is 15.7. The van der Waals surface area contributed by atoms with Crippen molar-refractivity contribution in [2.75, 3.05) is 31.6 Å². The number of amides is 1. The number of rotatable bonds is 4. The molecule has 140 valence electrons. The van der Waals surface area contributed by atoms with Crippen molar-refractivity contribution in [1.82, 2.24) is 4.31 Å². The average Bonchev–Trinajstić information content (AvgIpc) is 3.20. The molecule has 0 bridgehead atoms. The number of carbonyl (C=O) groups excluding carboxylic acids is 1. The molecule has 1 amide bonds. The van der Waals surface area contributed by atoms with Crippen LogP contribution < -0.4 is 5.32 Å². The summed E-state index contributed by atoms with van der Waals surface area (Å²) in [4.78, 5) is 12.5.